The van der Waals surface area contributed by atoms with Gasteiger partial charge < -0.3 is 14.6 Å². The Balaban J connectivity index is 2.30. The van der Waals surface area contributed by atoms with Crippen molar-refractivity contribution in [2.75, 3.05) is 40.0 Å². The van der Waals surface area contributed by atoms with Crippen LogP contribution in [0.4, 0.5) is 0 Å². The lowest BCUT2D eigenvalue weighted by molar-refractivity contribution is -0.150. The van der Waals surface area contributed by atoms with Crippen LogP contribution in [-0.4, -0.2) is 61.5 Å². The lowest BCUT2D eigenvalue weighted by Crippen LogP contribution is -2.51. The van der Waals surface area contributed by atoms with E-state index in [9.17, 15) is 9.90 Å². The fourth-order valence-corrected chi connectivity index (χ4v) is 2.64. The van der Waals surface area contributed by atoms with E-state index in [1.165, 1.54) is 0 Å². The summed E-state index contributed by atoms with van der Waals surface area (Å²) in [5.74, 6) is -0.693. The molecule has 1 unspecified atom stereocenters. The molecule has 0 aromatic heterocycles. The van der Waals surface area contributed by atoms with Crippen LogP contribution in [-0.2, 0) is 14.3 Å². The predicted molar refractivity (Wildman–Crippen MR) is 68.8 cm³/mol. The fourth-order valence-electron chi connectivity index (χ4n) is 2.64. The van der Waals surface area contributed by atoms with E-state index in [2.05, 4.69) is 4.90 Å². The van der Waals surface area contributed by atoms with Gasteiger partial charge in [0.2, 0.25) is 0 Å². The zero-order chi connectivity index (χ0) is 13.4. The number of methoxy groups -OCH3 is 1. The second-order valence-electron chi connectivity index (χ2n) is 4.74. The van der Waals surface area contributed by atoms with Gasteiger partial charge in [0.1, 0.15) is 5.54 Å². The number of ether oxygens (including phenoxy) is 2. The maximum Gasteiger partial charge on any atom is 0.324 e. The van der Waals surface area contributed by atoms with Crippen LogP contribution >= 0.6 is 0 Å². The molecule has 0 saturated carbocycles. The van der Waals surface area contributed by atoms with Gasteiger partial charge in [0, 0.05) is 26.9 Å². The molecule has 0 aliphatic carbocycles. The number of nitrogens with zero attached hydrogens (tertiary/aromatic N) is 1. The number of aliphatic carboxylic acids is 1. The van der Waals surface area contributed by atoms with Crippen molar-refractivity contribution in [2.45, 2.75) is 38.1 Å². The topological polar surface area (TPSA) is 59.0 Å². The zero-order valence-electron chi connectivity index (χ0n) is 11.5. The molecule has 0 aromatic carbocycles. The van der Waals surface area contributed by atoms with Crippen molar-refractivity contribution in [3.8, 4) is 0 Å². The summed E-state index contributed by atoms with van der Waals surface area (Å²) < 4.78 is 10.4. The van der Waals surface area contributed by atoms with E-state index in [1.807, 2.05) is 6.92 Å². The molecule has 1 N–H and O–H groups in total. The van der Waals surface area contributed by atoms with Crippen LogP contribution < -0.4 is 0 Å². The number of rotatable bonds is 9. The molecule has 1 rings (SSSR count). The molecule has 18 heavy (non-hydrogen) atoms. The van der Waals surface area contributed by atoms with Crippen LogP contribution in [0.1, 0.15) is 32.6 Å². The van der Waals surface area contributed by atoms with Gasteiger partial charge in [-0.2, -0.15) is 0 Å². The van der Waals surface area contributed by atoms with E-state index in [0.717, 1.165) is 25.8 Å². The van der Waals surface area contributed by atoms with Gasteiger partial charge in [-0.25, -0.2) is 0 Å². The first kappa shape index (κ1) is 15.4. The first-order chi connectivity index (χ1) is 8.67. The molecule has 0 radical (unpaired) electrons. The Morgan fingerprint density at radius 1 is 1.39 bits per heavy atom. The Morgan fingerprint density at radius 3 is 2.78 bits per heavy atom. The summed E-state index contributed by atoms with van der Waals surface area (Å²) in [4.78, 5) is 13.5. The van der Waals surface area contributed by atoms with Crippen molar-refractivity contribution in [2.24, 2.45) is 0 Å². The summed E-state index contributed by atoms with van der Waals surface area (Å²) in [5, 5.41) is 9.41. The van der Waals surface area contributed by atoms with Gasteiger partial charge in [0.25, 0.3) is 0 Å². The molecule has 1 atom stereocenters. The van der Waals surface area contributed by atoms with Gasteiger partial charge in [0.15, 0.2) is 0 Å². The molecule has 0 spiro atoms. The Morgan fingerprint density at radius 2 is 2.17 bits per heavy atom. The van der Waals surface area contributed by atoms with Gasteiger partial charge >= 0.3 is 5.97 Å². The van der Waals surface area contributed by atoms with Gasteiger partial charge in [-0.1, -0.05) is 6.92 Å². The quantitative estimate of drug-likeness (QED) is 0.634. The Hall–Kier alpha value is -0.650. The van der Waals surface area contributed by atoms with E-state index in [-0.39, 0.29) is 0 Å². The van der Waals surface area contributed by atoms with Gasteiger partial charge in [-0.05, 0) is 32.2 Å². The maximum atomic E-state index is 11.4. The van der Waals surface area contributed by atoms with Crippen LogP contribution in [0.2, 0.25) is 0 Å². The number of likely N-dealkylation sites (tertiary alicyclic amines) is 1. The lowest BCUT2D eigenvalue weighted by Gasteiger charge is -2.33. The molecule has 0 amide bonds. The number of hydrogen-bond acceptors (Lipinski definition) is 4. The average molecular weight is 259 g/mol. The highest BCUT2D eigenvalue weighted by Crippen LogP contribution is 2.32. The largest absolute Gasteiger partial charge is 0.480 e. The number of carboxylic acids is 1. The van der Waals surface area contributed by atoms with Crippen molar-refractivity contribution < 1.29 is 19.4 Å². The molecule has 0 aromatic rings. The van der Waals surface area contributed by atoms with Crippen molar-refractivity contribution >= 4 is 5.97 Å². The maximum absolute atomic E-state index is 11.4. The number of carboxylic acid groups (broad SMARTS) is 1. The molecule has 1 aliphatic rings. The predicted octanol–water partition coefficient (Wildman–Crippen LogP) is 1.37. The molecule has 5 nitrogen and oxygen atoms in total. The highest BCUT2D eigenvalue weighted by Gasteiger charge is 2.45. The Kier molecular flexibility index (Phi) is 6.60. The minimum Gasteiger partial charge on any atom is -0.480 e. The highest BCUT2D eigenvalue weighted by molar-refractivity contribution is 5.79. The monoisotopic (exact) mass is 259 g/mol. The summed E-state index contributed by atoms with van der Waals surface area (Å²) >= 11 is 0. The van der Waals surface area contributed by atoms with Crippen LogP contribution in [0.5, 0.6) is 0 Å². The molecule has 1 fully saturated rings. The fraction of sp³-hybridized carbons (Fsp3) is 0.923. The first-order valence-corrected chi connectivity index (χ1v) is 6.72. The molecular formula is C13H25NO4. The summed E-state index contributed by atoms with van der Waals surface area (Å²) in [5.41, 5.74) is -0.657. The van der Waals surface area contributed by atoms with E-state index < -0.39 is 11.5 Å². The van der Waals surface area contributed by atoms with Crippen molar-refractivity contribution in [1.82, 2.24) is 4.90 Å². The van der Waals surface area contributed by atoms with Crippen LogP contribution in [0.25, 0.3) is 0 Å². The average Bonchev–Trinajstić information content (AvgIpc) is 2.77. The molecule has 1 aliphatic heterocycles. The smallest absolute Gasteiger partial charge is 0.324 e. The van der Waals surface area contributed by atoms with Crippen LogP contribution in [0.3, 0.4) is 0 Å². The number of hydrogen-bond donors (Lipinski definition) is 1. The molecule has 1 heterocycles. The van der Waals surface area contributed by atoms with Crippen molar-refractivity contribution in [3.05, 3.63) is 0 Å². The second kappa shape index (κ2) is 7.71. The minimum atomic E-state index is -0.693. The van der Waals surface area contributed by atoms with Crippen molar-refractivity contribution in [3.63, 3.8) is 0 Å². The third kappa shape index (κ3) is 3.67. The Labute approximate surface area is 109 Å². The SMILES string of the molecule is CCC1(C(=O)O)CCCN1CCOCCCOC. The van der Waals surface area contributed by atoms with E-state index in [4.69, 9.17) is 9.47 Å². The molecular weight excluding hydrogens is 234 g/mol. The van der Waals surface area contributed by atoms with Gasteiger partial charge in [0.05, 0.1) is 6.61 Å². The van der Waals surface area contributed by atoms with Crippen LogP contribution in [0.15, 0.2) is 0 Å². The number of carbonyl (C=O) groups is 1. The summed E-state index contributed by atoms with van der Waals surface area (Å²) in [6, 6.07) is 0. The Bertz CT molecular complexity index is 259. The normalized spacial score (nSPS) is 24.6. The molecule has 5 heteroatoms. The third-order valence-electron chi connectivity index (χ3n) is 3.75. The summed E-state index contributed by atoms with van der Waals surface area (Å²) in [6.07, 6.45) is 3.26. The molecule has 0 bridgehead atoms. The van der Waals surface area contributed by atoms with Crippen molar-refractivity contribution in [1.29, 1.82) is 0 Å². The molecule has 1 saturated heterocycles. The van der Waals surface area contributed by atoms with Gasteiger partial charge in [-0.3, -0.25) is 9.69 Å². The van der Waals surface area contributed by atoms with E-state index in [0.29, 0.717) is 32.8 Å². The summed E-state index contributed by atoms with van der Waals surface area (Å²) in [6.45, 7) is 5.49. The van der Waals surface area contributed by atoms with E-state index in [1.54, 1.807) is 7.11 Å². The second-order valence-corrected chi connectivity index (χ2v) is 4.74. The standard InChI is InChI=1S/C13H25NO4/c1-3-13(12(15)16)6-4-7-14(13)8-11-18-10-5-9-17-2/h3-11H2,1-2H3,(H,15,16). The minimum absolute atomic E-state index is 0.596. The lowest BCUT2D eigenvalue weighted by atomic mass is 9.93. The van der Waals surface area contributed by atoms with Crippen LogP contribution in [0, 0.1) is 0 Å². The van der Waals surface area contributed by atoms with E-state index >= 15 is 0 Å². The third-order valence-corrected chi connectivity index (χ3v) is 3.75. The first-order valence-electron chi connectivity index (χ1n) is 6.72. The summed E-state index contributed by atoms with van der Waals surface area (Å²) in [7, 11) is 1.67. The zero-order valence-corrected chi connectivity index (χ0v) is 11.5. The van der Waals surface area contributed by atoms with Gasteiger partial charge in [-0.15, -0.1) is 0 Å². The highest BCUT2D eigenvalue weighted by atomic mass is 16.5. The molecule has 106 valence electrons.